The van der Waals surface area contributed by atoms with Crippen molar-refractivity contribution in [1.29, 1.82) is 0 Å². The van der Waals surface area contributed by atoms with Gasteiger partial charge in [-0.2, -0.15) is 0 Å². The molecule has 0 bridgehead atoms. The number of phenolic OH excluding ortho intramolecular Hbond substituents is 2. The summed E-state index contributed by atoms with van der Waals surface area (Å²) < 4.78 is 180. The van der Waals surface area contributed by atoms with E-state index in [1.807, 2.05) is 271 Å². The second-order valence-corrected chi connectivity index (χ2v) is 37.3. The smallest absolute Gasteiger partial charge is 0.148 e. The van der Waals surface area contributed by atoms with Crippen molar-refractivity contribution in [2.24, 2.45) is 0 Å². The van der Waals surface area contributed by atoms with Crippen LogP contribution in [0.25, 0.3) is 157 Å². The van der Waals surface area contributed by atoms with E-state index in [4.69, 9.17) is 30.5 Å². The van der Waals surface area contributed by atoms with Crippen LogP contribution in [0.5, 0.6) is 11.5 Å². The standard InChI is InChI=1S/C62H60N3O.C54H52N3O.2Pt/c1-39-32-50(58(66)52(33-39)62(9,10)11)59-64-57-49(45-35-46(37-47(36-45)60(3,4)5)53-38-43(30-31-63-53)41-20-14-12-15-21-41)25-19-27-55(57)65(59)54-29-28-44(34-40(54)2)56-48(42-22-16-13-17-23-42)24-18-26-51(56)61(6,7)8;1-34(2)38-23-24-48(44(32-38)37-19-14-11-15-20-37)57-49-22-16-21-43(50(49)56-52(57)45-27-35(3)28-46(51(45)58)54(7,8)9)40-29-41(31-42(30-40)53(4,5)6)47-33-39(25-26-55-47)36-17-12-10-13-18-36;;/h12-34,36-38,66H,1-11H3;10-28,30-34,58H,1-9H3;;/q2*-1;;/i2D3,12D,14D,15D,20D,21D,30D,31D,38D;10D,12D,13D,17D,18D,25D,26D,33D,34D;;. The van der Waals surface area contributed by atoms with Crippen LogP contribution in [0.2, 0.25) is 0 Å². The molecule has 0 aliphatic carbocycles. The molecule has 0 aliphatic rings. The molecule has 0 saturated carbocycles. The summed E-state index contributed by atoms with van der Waals surface area (Å²) in [7, 11) is 0. The van der Waals surface area contributed by atoms with Crippen molar-refractivity contribution in [3.8, 4) is 146 Å². The maximum Gasteiger partial charge on any atom is 0.148 e. The number of aromatic hydroxyl groups is 2. The Morgan fingerprint density at radius 3 is 1.23 bits per heavy atom. The first kappa shape index (κ1) is 67.4. The number of hydrogen-bond acceptors (Lipinski definition) is 6. The Balaban J connectivity index is 0.000000230. The molecule has 0 unspecified atom stereocenters. The minimum Gasteiger partial charge on any atom is -0.507 e. The van der Waals surface area contributed by atoms with Crippen LogP contribution < -0.4 is 0 Å². The molecular weight excluding hydrogens is 1900 g/mol. The third kappa shape index (κ3) is 18.4. The molecule has 0 saturated heterocycles. The minimum atomic E-state index is -2.66. The number of aryl methyl sites for hydroxylation is 3. The predicted molar refractivity (Wildman–Crippen MR) is 520 cm³/mol. The van der Waals surface area contributed by atoms with Gasteiger partial charge in [0.15, 0.2) is 0 Å². The Bertz CT molecular complexity index is 8060. The van der Waals surface area contributed by atoms with Gasteiger partial charge in [0.1, 0.15) is 23.1 Å². The third-order valence-corrected chi connectivity index (χ3v) is 22.6. The summed E-state index contributed by atoms with van der Waals surface area (Å²) in [5.74, 6) is -0.0239. The number of phenols is 2. The normalized spacial score (nSPS) is 14.4. The molecule has 8 nitrogen and oxygen atoms in total. The van der Waals surface area contributed by atoms with Crippen molar-refractivity contribution >= 4 is 22.1 Å². The summed E-state index contributed by atoms with van der Waals surface area (Å²) in [4.78, 5) is 19.7. The SMILES string of the molecule is [2H]c1nc(-c2[c-]c(-c3cccc4c3nc(-c3cc(C)cc(C(C)(C)C)c3O)n4-c3ccc(-c4c(-c5ccccc5)cccc4C(C)(C)C)cc3C([2H])([2H])[2H])cc(C(C)(C)C)c2)c([2H])c(-c2c([2H])c([2H])c([2H])c([2H])c2[2H])c1[2H].[2H]c1nc(-c2[c-]c(-c3cccc4c3nc(-c3cc(C)cc(C(C)(C)C)c3O)n4-c3ccc(C([2H])(C)C)cc3-c3ccccc3)cc(C(C)(C)C)c2)c([2H])c(-c2c([2H])c([2H])c([2H])c([2H])c2[2H])c1[2H].[Pt].[Pt]. The van der Waals surface area contributed by atoms with Crippen LogP contribution in [0, 0.1) is 32.8 Å². The van der Waals surface area contributed by atoms with Crippen molar-refractivity contribution in [2.75, 3.05) is 0 Å². The van der Waals surface area contributed by atoms with Crippen LogP contribution in [0.3, 0.4) is 0 Å². The molecule has 0 radical (unpaired) electrons. The van der Waals surface area contributed by atoms with Gasteiger partial charge in [-0.1, -0.05) is 340 Å². The first-order valence-corrected chi connectivity index (χ1v) is 41.7. The molecule has 0 amide bonds. The Morgan fingerprint density at radius 2 is 0.794 bits per heavy atom. The third-order valence-electron chi connectivity index (χ3n) is 22.6. The Morgan fingerprint density at radius 1 is 0.373 bits per heavy atom. The molecule has 0 atom stereocenters. The summed E-state index contributed by atoms with van der Waals surface area (Å²) in [6.07, 6.45) is -1.10. The Hall–Kier alpha value is -11.9. The van der Waals surface area contributed by atoms with Crippen LogP contribution in [0.1, 0.15) is 201 Å². The van der Waals surface area contributed by atoms with Gasteiger partial charge in [-0.05, 0) is 192 Å². The zero-order valence-electron chi connectivity index (χ0n) is 94.3. The molecule has 17 aromatic rings. The molecule has 4 aromatic heterocycles. The van der Waals surface area contributed by atoms with Crippen molar-refractivity contribution < 1.29 is 79.8 Å². The second kappa shape index (κ2) is 35.8. The van der Waals surface area contributed by atoms with Crippen LogP contribution in [0.15, 0.2) is 297 Å². The molecule has 126 heavy (non-hydrogen) atoms. The fraction of sp³-hybridized carbons (Fsp3) is 0.224. The largest absolute Gasteiger partial charge is 0.507 e. The van der Waals surface area contributed by atoms with Crippen LogP contribution in [-0.2, 0) is 69.2 Å². The van der Waals surface area contributed by atoms with E-state index in [0.29, 0.717) is 78.1 Å². The van der Waals surface area contributed by atoms with E-state index in [1.165, 1.54) is 0 Å². The number of rotatable bonds is 14. The van der Waals surface area contributed by atoms with Gasteiger partial charge in [0.2, 0.25) is 0 Å². The van der Waals surface area contributed by atoms with Gasteiger partial charge in [0, 0.05) is 88.0 Å². The average Bonchev–Trinajstić information content (AvgIpc) is 1.66. The van der Waals surface area contributed by atoms with E-state index >= 15 is 0 Å². The molecule has 0 spiro atoms. The van der Waals surface area contributed by atoms with Crippen molar-refractivity contribution in [3.05, 3.63) is 359 Å². The minimum absolute atomic E-state index is 0. The number of pyridine rings is 2. The van der Waals surface area contributed by atoms with E-state index in [1.54, 1.807) is 12.1 Å². The summed E-state index contributed by atoms with van der Waals surface area (Å²) in [5.41, 5.74) is 15.5. The summed E-state index contributed by atoms with van der Waals surface area (Å²) >= 11 is 0. The number of hydrogen-bond donors (Lipinski definition) is 2. The van der Waals surface area contributed by atoms with Gasteiger partial charge in [0.25, 0.3) is 0 Å². The van der Waals surface area contributed by atoms with Crippen molar-refractivity contribution in [1.82, 2.24) is 29.1 Å². The maximum atomic E-state index is 12.4. The molecule has 0 aliphatic heterocycles. The van der Waals surface area contributed by atoms with Crippen LogP contribution in [0.4, 0.5) is 0 Å². The van der Waals surface area contributed by atoms with Gasteiger partial charge < -0.3 is 10.2 Å². The molecule has 4 heterocycles. The number of imidazole rings is 2. The molecule has 2 N–H and O–H groups in total. The fourth-order valence-corrected chi connectivity index (χ4v) is 16.1. The molecular formula is C116H112N6O2Pt2-2. The van der Waals surface area contributed by atoms with Gasteiger partial charge in [-0.25, -0.2) is 9.97 Å². The van der Waals surface area contributed by atoms with Crippen LogP contribution in [-0.4, -0.2) is 39.3 Å². The Labute approximate surface area is 802 Å². The van der Waals surface area contributed by atoms with Crippen molar-refractivity contribution in [2.45, 2.75) is 171 Å². The number of benzene rings is 13. The second-order valence-electron chi connectivity index (χ2n) is 37.3. The maximum absolute atomic E-state index is 12.4. The molecule has 10 heteroatoms. The zero-order valence-corrected chi connectivity index (χ0v) is 78.8. The van der Waals surface area contributed by atoms with E-state index in [9.17, 15) is 17.1 Å². The van der Waals surface area contributed by atoms with E-state index in [0.717, 1.165) is 78.0 Å². The predicted octanol–water partition coefficient (Wildman–Crippen LogP) is 30.7. The number of nitrogens with zero attached hydrogens (tertiary/aromatic N) is 6. The summed E-state index contributed by atoms with van der Waals surface area (Å²) in [5, 5.41) is 24.7. The average molecular weight is 2030 g/mol. The van der Waals surface area contributed by atoms with Gasteiger partial charge in [-0.15, -0.1) is 58.7 Å². The fourth-order valence-electron chi connectivity index (χ4n) is 16.1. The molecule has 17 rings (SSSR count). The van der Waals surface area contributed by atoms with Gasteiger partial charge >= 0.3 is 0 Å². The molecule has 640 valence electrons. The summed E-state index contributed by atoms with van der Waals surface area (Å²) in [6, 6.07) is 63.4. The summed E-state index contributed by atoms with van der Waals surface area (Å²) in [6.45, 7) is 35.8. The van der Waals surface area contributed by atoms with E-state index < -0.39 is 125 Å². The van der Waals surface area contributed by atoms with E-state index in [-0.39, 0.29) is 116 Å². The molecule has 0 fully saturated rings. The quantitative estimate of drug-likeness (QED) is 0.105. The van der Waals surface area contributed by atoms with Gasteiger partial charge in [0.05, 0.1) is 66.5 Å². The Kier molecular flexibility index (Phi) is 19.2. The topological polar surface area (TPSA) is 102 Å². The number of aromatic nitrogens is 6. The van der Waals surface area contributed by atoms with Crippen LogP contribution >= 0.6 is 0 Å². The van der Waals surface area contributed by atoms with Gasteiger partial charge in [-0.3, -0.25) is 19.1 Å². The van der Waals surface area contributed by atoms with E-state index in [2.05, 4.69) is 80.3 Å². The molecule has 13 aromatic carbocycles. The van der Waals surface area contributed by atoms with Crippen molar-refractivity contribution in [3.63, 3.8) is 0 Å². The number of fused-ring (bicyclic) bond motifs is 2. The first-order valence-electron chi connectivity index (χ1n) is 51.7. The zero-order chi connectivity index (χ0) is 105. The number of para-hydroxylation sites is 2. The first-order chi connectivity index (χ1) is 67.2. The monoisotopic (exact) mass is 2030 g/mol.